The van der Waals surface area contributed by atoms with Gasteiger partial charge in [-0.15, -0.1) is 11.3 Å². The standard InChI is InChI=1S/C15H21N3OS/c1-15(19,11-8-17-18(2)9-11)10-16-13-4-3-5-14-12(13)6-7-20-14/h6-9,13,16,19H,3-5,10H2,1-2H3. The Morgan fingerprint density at radius 3 is 3.20 bits per heavy atom. The Morgan fingerprint density at radius 2 is 2.45 bits per heavy atom. The zero-order valence-electron chi connectivity index (χ0n) is 12.0. The molecule has 2 atom stereocenters. The quantitative estimate of drug-likeness (QED) is 0.909. The van der Waals surface area contributed by atoms with E-state index in [2.05, 4.69) is 21.9 Å². The second kappa shape index (κ2) is 5.31. The van der Waals surface area contributed by atoms with Gasteiger partial charge < -0.3 is 10.4 Å². The number of fused-ring (bicyclic) bond motifs is 1. The summed E-state index contributed by atoms with van der Waals surface area (Å²) in [5.74, 6) is 0. The third-order valence-electron chi connectivity index (χ3n) is 4.07. The Kier molecular flexibility index (Phi) is 3.67. The molecule has 0 fully saturated rings. The van der Waals surface area contributed by atoms with Crippen molar-refractivity contribution in [3.05, 3.63) is 39.8 Å². The molecule has 0 bridgehead atoms. The van der Waals surface area contributed by atoms with Crippen LogP contribution in [0.5, 0.6) is 0 Å². The minimum atomic E-state index is -0.887. The molecule has 0 saturated heterocycles. The SMILES string of the molecule is Cn1cc(C(C)(O)CNC2CCCc3sccc32)cn1. The second-order valence-electron chi connectivity index (χ2n) is 5.80. The van der Waals surface area contributed by atoms with Crippen LogP contribution in [0.1, 0.15) is 41.8 Å². The first-order valence-electron chi connectivity index (χ1n) is 7.07. The van der Waals surface area contributed by atoms with E-state index in [9.17, 15) is 5.11 Å². The fourth-order valence-corrected chi connectivity index (χ4v) is 3.81. The first-order chi connectivity index (χ1) is 9.56. The molecule has 0 aromatic carbocycles. The third-order valence-corrected chi connectivity index (χ3v) is 5.07. The van der Waals surface area contributed by atoms with Crippen molar-refractivity contribution in [3.8, 4) is 0 Å². The van der Waals surface area contributed by atoms with Crippen molar-refractivity contribution >= 4 is 11.3 Å². The van der Waals surface area contributed by atoms with Crippen LogP contribution in [0.4, 0.5) is 0 Å². The Morgan fingerprint density at radius 1 is 1.60 bits per heavy atom. The average Bonchev–Trinajstić information content (AvgIpc) is 3.05. The van der Waals surface area contributed by atoms with Crippen molar-refractivity contribution in [3.63, 3.8) is 0 Å². The first kappa shape index (κ1) is 13.8. The van der Waals surface area contributed by atoms with Gasteiger partial charge in [0.25, 0.3) is 0 Å². The molecule has 0 radical (unpaired) electrons. The smallest absolute Gasteiger partial charge is 0.102 e. The molecule has 3 rings (SSSR count). The van der Waals surface area contributed by atoms with Gasteiger partial charge in [0.1, 0.15) is 5.60 Å². The summed E-state index contributed by atoms with van der Waals surface area (Å²) in [5, 5.41) is 20.5. The van der Waals surface area contributed by atoms with E-state index in [-0.39, 0.29) is 0 Å². The van der Waals surface area contributed by atoms with Gasteiger partial charge in [-0.1, -0.05) is 0 Å². The van der Waals surface area contributed by atoms with E-state index in [0.29, 0.717) is 12.6 Å². The monoisotopic (exact) mass is 291 g/mol. The van der Waals surface area contributed by atoms with Crippen molar-refractivity contribution in [2.24, 2.45) is 7.05 Å². The normalized spacial score (nSPS) is 21.4. The van der Waals surface area contributed by atoms with Gasteiger partial charge in [-0.2, -0.15) is 5.10 Å². The largest absolute Gasteiger partial charge is 0.384 e. The molecule has 2 N–H and O–H groups in total. The summed E-state index contributed by atoms with van der Waals surface area (Å²) in [6, 6.07) is 2.59. The summed E-state index contributed by atoms with van der Waals surface area (Å²) in [5.41, 5.74) is 1.39. The highest BCUT2D eigenvalue weighted by Crippen LogP contribution is 2.33. The van der Waals surface area contributed by atoms with Crippen LogP contribution in [0.25, 0.3) is 0 Å². The molecule has 0 amide bonds. The number of thiophene rings is 1. The maximum atomic E-state index is 10.6. The topological polar surface area (TPSA) is 50.1 Å². The molecule has 2 heterocycles. The summed E-state index contributed by atoms with van der Waals surface area (Å²) < 4.78 is 1.72. The maximum absolute atomic E-state index is 10.6. The van der Waals surface area contributed by atoms with Gasteiger partial charge in [0.15, 0.2) is 0 Å². The van der Waals surface area contributed by atoms with Gasteiger partial charge in [-0.25, -0.2) is 0 Å². The van der Waals surface area contributed by atoms with Crippen LogP contribution >= 0.6 is 11.3 Å². The highest BCUT2D eigenvalue weighted by atomic mass is 32.1. The molecule has 2 aromatic heterocycles. The third kappa shape index (κ3) is 2.66. The Labute approximate surface area is 123 Å². The minimum Gasteiger partial charge on any atom is -0.384 e. The van der Waals surface area contributed by atoms with Crippen molar-refractivity contribution in [1.82, 2.24) is 15.1 Å². The van der Waals surface area contributed by atoms with E-state index >= 15 is 0 Å². The summed E-state index contributed by atoms with van der Waals surface area (Å²) in [4.78, 5) is 1.50. The van der Waals surface area contributed by atoms with Crippen molar-refractivity contribution < 1.29 is 5.11 Å². The fraction of sp³-hybridized carbons (Fsp3) is 0.533. The second-order valence-corrected chi connectivity index (χ2v) is 6.80. The van der Waals surface area contributed by atoms with E-state index in [4.69, 9.17) is 0 Å². The molecule has 4 nitrogen and oxygen atoms in total. The Bertz CT molecular complexity index is 587. The van der Waals surface area contributed by atoms with Gasteiger partial charge in [0.2, 0.25) is 0 Å². The van der Waals surface area contributed by atoms with Gasteiger partial charge in [0.05, 0.1) is 6.20 Å². The maximum Gasteiger partial charge on any atom is 0.102 e. The number of hydrogen-bond acceptors (Lipinski definition) is 4. The van der Waals surface area contributed by atoms with E-state index in [1.165, 1.54) is 23.3 Å². The van der Waals surface area contributed by atoms with Crippen LogP contribution in [-0.2, 0) is 19.1 Å². The molecule has 1 aliphatic rings. The summed E-state index contributed by atoms with van der Waals surface area (Å²) in [7, 11) is 1.87. The lowest BCUT2D eigenvalue weighted by molar-refractivity contribution is 0.0530. The molecule has 1 aliphatic carbocycles. The van der Waals surface area contributed by atoms with Gasteiger partial charge in [0, 0.05) is 36.3 Å². The van der Waals surface area contributed by atoms with Gasteiger partial charge in [-0.3, -0.25) is 4.68 Å². The van der Waals surface area contributed by atoms with Crippen LogP contribution in [0.15, 0.2) is 23.8 Å². The molecule has 2 aromatic rings. The van der Waals surface area contributed by atoms with Crippen molar-refractivity contribution in [2.75, 3.05) is 6.54 Å². The number of aryl methyl sites for hydroxylation is 2. The van der Waals surface area contributed by atoms with Crippen LogP contribution in [0, 0.1) is 0 Å². The van der Waals surface area contributed by atoms with Crippen LogP contribution in [0.3, 0.4) is 0 Å². The number of hydrogen-bond donors (Lipinski definition) is 2. The molecule has 20 heavy (non-hydrogen) atoms. The van der Waals surface area contributed by atoms with Crippen LogP contribution in [0.2, 0.25) is 0 Å². The number of aliphatic hydroxyl groups is 1. The zero-order chi connectivity index (χ0) is 14.2. The highest BCUT2D eigenvalue weighted by molar-refractivity contribution is 7.10. The highest BCUT2D eigenvalue weighted by Gasteiger charge is 2.28. The summed E-state index contributed by atoms with van der Waals surface area (Å²) in [6.45, 7) is 2.38. The molecular formula is C15H21N3OS. The van der Waals surface area contributed by atoms with E-state index in [0.717, 1.165) is 12.0 Å². The molecule has 5 heteroatoms. The lowest BCUT2D eigenvalue weighted by Gasteiger charge is -2.29. The van der Waals surface area contributed by atoms with Gasteiger partial charge in [-0.05, 0) is 43.2 Å². The van der Waals surface area contributed by atoms with E-state index in [1.807, 2.05) is 31.5 Å². The fourth-order valence-electron chi connectivity index (χ4n) is 2.82. The molecule has 108 valence electrons. The predicted molar refractivity (Wildman–Crippen MR) is 80.8 cm³/mol. The molecule has 2 unspecified atom stereocenters. The van der Waals surface area contributed by atoms with Crippen LogP contribution < -0.4 is 5.32 Å². The van der Waals surface area contributed by atoms with Crippen molar-refractivity contribution in [2.45, 2.75) is 37.8 Å². The molecule has 0 saturated carbocycles. The van der Waals surface area contributed by atoms with Crippen LogP contribution in [-0.4, -0.2) is 21.4 Å². The van der Waals surface area contributed by atoms with E-state index < -0.39 is 5.60 Å². The number of nitrogens with one attached hydrogen (secondary N) is 1. The Hall–Kier alpha value is -1.17. The Balaban J connectivity index is 1.68. The summed E-state index contributed by atoms with van der Waals surface area (Å²) in [6.07, 6.45) is 7.17. The van der Waals surface area contributed by atoms with Gasteiger partial charge >= 0.3 is 0 Å². The lowest BCUT2D eigenvalue weighted by atomic mass is 9.92. The lowest BCUT2D eigenvalue weighted by Crippen LogP contribution is -2.38. The minimum absolute atomic E-state index is 0.369. The molecule has 0 spiro atoms. The van der Waals surface area contributed by atoms with Crippen molar-refractivity contribution in [1.29, 1.82) is 0 Å². The average molecular weight is 291 g/mol. The first-order valence-corrected chi connectivity index (χ1v) is 7.95. The number of rotatable bonds is 4. The number of nitrogens with zero attached hydrogens (tertiary/aromatic N) is 2. The molecule has 0 aliphatic heterocycles. The van der Waals surface area contributed by atoms with E-state index in [1.54, 1.807) is 10.9 Å². The number of aromatic nitrogens is 2. The zero-order valence-corrected chi connectivity index (χ0v) is 12.8. The predicted octanol–water partition coefficient (Wildman–Crippen LogP) is 2.36. The molecular weight excluding hydrogens is 270 g/mol. The summed E-state index contributed by atoms with van der Waals surface area (Å²) >= 11 is 1.85.